The number of nitrogens with one attached hydrogen (secondary N) is 1. The van der Waals surface area contributed by atoms with Gasteiger partial charge in [-0.15, -0.1) is 0 Å². The normalized spacial score (nSPS) is 18.5. The first-order valence-corrected chi connectivity index (χ1v) is 8.17. The Morgan fingerprint density at radius 3 is 2.62 bits per heavy atom. The minimum atomic E-state index is 0.201. The number of nitrogens with two attached hydrogens (primary N) is 1. The average molecular weight is 283 g/mol. The quantitative estimate of drug-likeness (QED) is 0.844. The number of hydrogen-bond donors (Lipinski definition) is 2. The van der Waals surface area contributed by atoms with Gasteiger partial charge >= 0.3 is 0 Å². The molecule has 0 amide bonds. The van der Waals surface area contributed by atoms with Crippen LogP contribution in [0.4, 0.5) is 0 Å². The summed E-state index contributed by atoms with van der Waals surface area (Å²) in [6.07, 6.45) is 11.9. The van der Waals surface area contributed by atoms with Crippen LogP contribution in [-0.2, 0) is 0 Å². The zero-order chi connectivity index (χ0) is 14.5. The summed E-state index contributed by atoms with van der Waals surface area (Å²) in [6.45, 7) is 0.617. The molecule has 0 saturated heterocycles. The van der Waals surface area contributed by atoms with Crippen molar-refractivity contribution < 1.29 is 0 Å². The van der Waals surface area contributed by atoms with Gasteiger partial charge in [-0.1, -0.05) is 49.9 Å². The molecule has 1 heterocycles. The molecule has 21 heavy (non-hydrogen) atoms. The summed E-state index contributed by atoms with van der Waals surface area (Å²) in [5, 5.41) is 6.25. The average Bonchev–Trinajstić information content (AvgIpc) is 2.81. The maximum atomic E-state index is 6.06. The molecule has 0 aliphatic heterocycles. The van der Waals surface area contributed by atoms with Crippen LogP contribution in [0.1, 0.15) is 50.1 Å². The van der Waals surface area contributed by atoms with Crippen molar-refractivity contribution in [3.63, 3.8) is 0 Å². The molecule has 1 fully saturated rings. The smallest absolute Gasteiger partial charge is 0.0468 e. The first kappa shape index (κ1) is 14.5. The summed E-state index contributed by atoms with van der Waals surface area (Å²) in [5.41, 5.74) is 7.30. The van der Waals surface area contributed by atoms with E-state index < -0.39 is 0 Å². The van der Waals surface area contributed by atoms with Crippen LogP contribution in [0.3, 0.4) is 0 Å². The third kappa shape index (κ3) is 3.42. The Hall–Kier alpha value is -1.45. The monoisotopic (exact) mass is 283 g/mol. The highest BCUT2D eigenvalue weighted by atomic mass is 15.0. The second-order valence-corrected chi connectivity index (χ2v) is 6.09. The van der Waals surface area contributed by atoms with Crippen LogP contribution in [0.5, 0.6) is 0 Å². The molecule has 1 saturated carbocycles. The number of hydrogen-bond acceptors (Lipinski definition) is 3. The van der Waals surface area contributed by atoms with E-state index in [0.29, 0.717) is 12.6 Å². The van der Waals surface area contributed by atoms with Crippen molar-refractivity contribution in [1.82, 2.24) is 10.3 Å². The molecule has 0 spiro atoms. The Labute approximate surface area is 127 Å². The van der Waals surface area contributed by atoms with Gasteiger partial charge in [0.15, 0.2) is 0 Å². The van der Waals surface area contributed by atoms with Gasteiger partial charge in [-0.05, 0) is 23.8 Å². The molecule has 2 aromatic rings. The molecule has 1 unspecified atom stereocenters. The lowest BCUT2D eigenvalue weighted by molar-refractivity contribution is 0.403. The number of pyridine rings is 1. The molecular weight excluding hydrogens is 258 g/mol. The standard InChI is InChI=1S/C18H25N3/c19-11-18(21-15-8-3-1-2-4-9-15)17-13-20-12-14-7-5-6-10-16(14)17/h5-7,10,12-13,15,18,21H,1-4,8-9,11,19H2. The number of fused-ring (bicyclic) bond motifs is 1. The van der Waals surface area contributed by atoms with Crippen molar-refractivity contribution in [3.8, 4) is 0 Å². The molecule has 1 aromatic carbocycles. The third-order valence-electron chi connectivity index (χ3n) is 4.60. The van der Waals surface area contributed by atoms with Gasteiger partial charge in [-0.2, -0.15) is 0 Å². The van der Waals surface area contributed by atoms with Gasteiger partial charge in [-0.3, -0.25) is 4.98 Å². The summed E-state index contributed by atoms with van der Waals surface area (Å²) < 4.78 is 0. The van der Waals surface area contributed by atoms with Crippen LogP contribution in [0.2, 0.25) is 0 Å². The number of rotatable bonds is 4. The van der Waals surface area contributed by atoms with Crippen LogP contribution < -0.4 is 11.1 Å². The van der Waals surface area contributed by atoms with E-state index >= 15 is 0 Å². The summed E-state index contributed by atoms with van der Waals surface area (Å²) >= 11 is 0. The molecule has 1 atom stereocenters. The molecule has 3 rings (SSSR count). The lowest BCUT2D eigenvalue weighted by Crippen LogP contribution is -2.36. The fourth-order valence-electron chi connectivity index (χ4n) is 3.43. The van der Waals surface area contributed by atoms with E-state index in [4.69, 9.17) is 5.73 Å². The topological polar surface area (TPSA) is 50.9 Å². The van der Waals surface area contributed by atoms with Gasteiger partial charge in [0, 0.05) is 36.4 Å². The molecule has 0 radical (unpaired) electrons. The number of aromatic nitrogens is 1. The Balaban J connectivity index is 1.84. The minimum absolute atomic E-state index is 0.201. The van der Waals surface area contributed by atoms with E-state index in [1.165, 1.54) is 54.9 Å². The Morgan fingerprint density at radius 2 is 1.86 bits per heavy atom. The SMILES string of the molecule is NCC(NC1CCCCCC1)c1cncc2ccccc12. The summed E-state index contributed by atoms with van der Waals surface area (Å²) in [5.74, 6) is 0. The highest BCUT2D eigenvalue weighted by molar-refractivity contribution is 5.85. The van der Waals surface area contributed by atoms with Crippen molar-refractivity contribution in [2.24, 2.45) is 5.73 Å². The van der Waals surface area contributed by atoms with Crippen LogP contribution in [0, 0.1) is 0 Å². The van der Waals surface area contributed by atoms with Gasteiger partial charge in [0.25, 0.3) is 0 Å². The lowest BCUT2D eigenvalue weighted by atomic mass is 9.99. The van der Waals surface area contributed by atoms with Crippen LogP contribution in [0.25, 0.3) is 10.8 Å². The first-order chi connectivity index (χ1) is 10.4. The van der Waals surface area contributed by atoms with Gasteiger partial charge in [0.05, 0.1) is 0 Å². The van der Waals surface area contributed by atoms with E-state index in [2.05, 4.69) is 34.6 Å². The second-order valence-electron chi connectivity index (χ2n) is 6.09. The Morgan fingerprint density at radius 1 is 1.10 bits per heavy atom. The fourth-order valence-corrected chi connectivity index (χ4v) is 3.43. The largest absolute Gasteiger partial charge is 0.329 e. The van der Waals surface area contributed by atoms with Crippen molar-refractivity contribution in [1.29, 1.82) is 0 Å². The van der Waals surface area contributed by atoms with Crippen molar-refractivity contribution >= 4 is 10.8 Å². The maximum Gasteiger partial charge on any atom is 0.0468 e. The number of nitrogens with zero attached hydrogens (tertiary/aromatic N) is 1. The van der Waals surface area contributed by atoms with E-state index in [-0.39, 0.29) is 6.04 Å². The highest BCUT2D eigenvalue weighted by Gasteiger charge is 2.19. The maximum absolute atomic E-state index is 6.06. The molecule has 3 heteroatoms. The number of benzene rings is 1. The van der Waals surface area contributed by atoms with Gasteiger partial charge in [0.2, 0.25) is 0 Å². The summed E-state index contributed by atoms with van der Waals surface area (Å²) in [4.78, 5) is 4.40. The Kier molecular flexibility index (Phi) is 4.84. The Bertz CT molecular complexity index is 568. The molecule has 3 nitrogen and oxygen atoms in total. The van der Waals surface area contributed by atoms with Crippen molar-refractivity contribution in [2.75, 3.05) is 6.54 Å². The van der Waals surface area contributed by atoms with Gasteiger partial charge in [0.1, 0.15) is 0 Å². The van der Waals surface area contributed by atoms with Crippen molar-refractivity contribution in [2.45, 2.75) is 50.6 Å². The zero-order valence-corrected chi connectivity index (χ0v) is 12.6. The predicted octanol–water partition coefficient (Wildman–Crippen LogP) is 3.55. The molecule has 1 aliphatic rings. The van der Waals surface area contributed by atoms with Gasteiger partial charge < -0.3 is 11.1 Å². The van der Waals surface area contributed by atoms with E-state index in [0.717, 1.165) is 0 Å². The molecular formula is C18H25N3. The molecule has 1 aromatic heterocycles. The molecule has 112 valence electrons. The fraction of sp³-hybridized carbons (Fsp3) is 0.500. The molecule has 3 N–H and O–H groups in total. The van der Waals surface area contributed by atoms with Crippen LogP contribution in [0.15, 0.2) is 36.7 Å². The van der Waals surface area contributed by atoms with E-state index in [1.807, 2.05) is 12.4 Å². The molecule has 0 bridgehead atoms. The van der Waals surface area contributed by atoms with Crippen LogP contribution >= 0.6 is 0 Å². The van der Waals surface area contributed by atoms with Crippen molar-refractivity contribution in [3.05, 3.63) is 42.2 Å². The third-order valence-corrected chi connectivity index (χ3v) is 4.60. The van der Waals surface area contributed by atoms with Gasteiger partial charge in [-0.25, -0.2) is 0 Å². The minimum Gasteiger partial charge on any atom is -0.329 e. The van der Waals surface area contributed by atoms with E-state index in [1.54, 1.807) is 0 Å². The summed E-state index contributed by atoms with van der Waals surface area (Å²) in [6, 6.07) is 9.23. The lowest BCUT2D eigenvalue weighted by Gasteiger charge is -2.25. The van der Waals surface area contributed by atoms with Crippen LogP contribution in [-0.4, -0.2) is 17.6 Å². The van der Waals surface area contributed by atoms with E-state index in [9.17, 15) is 0 Å². The summed E-state index contributed by atoms with van der Waals surface area (Å²) in [7, 11) is 0. The zero-order valence-electron chi connectivity index (χ0n) is 12.6. The predicted molar refractivity (Wildman–Crippen MR) is 88.2 cm³/mol. The second kappa shape index (κ2) is 7.01. The highest BCUT2D eigenvalue weighted by Crippen LogP contribution is 2.25. The molecule has 1 aliphatic carbocycles. The first-order valence-electron chi connectivity index (χ1n) is 8.17.